The van der Waals surface area contributed by atoms with E-state index in [0.717, 1.165) is 21.8 Å². The van der Waals surface area contributed by atoms with Gasteiger partial charge < -0.3 is 86.5 Å². The van der Waals surface area contributed by atoms with Gasteiger partial charge in [0.1, 0.15) is 54.4 Å². The first kappa shape index (κ1) is 44.3. The minimum atomic E-state index is -6.15. The molecule has 4 aromatic heterocycles. The highest BCUT2D eigenvalue weighted by Gasteiger charge is 2.47. The number of aromatic nitrogens is 8. The number of hydrogen-bond acceptors (Lipinski definition) is 26. The number of hydrogen-bond donors (Lipinski definition) is 6. The zero-order valence-electron chi connectivity index (χ0n) is 26.9. The molecule has 0 saturated carbocycles. The van der Waals surface area contributed by atoms with Crippen molar-refractivity contribution in [1.82, 2.24) is 39.0 Å². The summed E-state index contributed by atoms with van der Waals surface area (Å²) >= 11 is 26.4. The van der Waals surface area contributed by atoms with E-state index in [1.165, 1.54) is 0 Å². The lowest BCUT2D eigenvalue weighted by atomic mass is 10.1. The van der Waals surface area contributed by atoms with Gasteiger partial charge in [0.15, 0.2) is 55.4 Å². The highest BCUT2D eigenvalue weighted by atomic mass is 35.5. The molecule has 6 heterocycles. The molecule has 8 N–H and O–H groups in total. The summed E-state index contributed by atoms with van der Waals surface area (Å²) in [5, 5.41) is 41.7. The molecular formula is C21H23Cl3N10O16P4S2-4. The maximum absolute atomic E-state index is 12.8. The molecule has 35 heteroatoms. The third-order valence-corrected chi connectivity index (χ3v) is 18.5. The molecule has 6 rings (SSSR count). The van der Waals surface area contributed by atoms with Gasteiger partial charge in [-0.1, -0.05) is 11.8 Å². The van der Waals surface area contributed by atoms with E-state index in [-0.39, 0.29) is 44.5 Å². The third-order valence-electron chi connectivity index (χ3n) is 7.81. The summed E-state index contributed by atoms with van der Waals surface area (Å²) in [5.74, 6) is -0.231. The fraction of sp³-hybridized carbons (Fsp3) is 0.524. The fourth-order valence-corrected chi connectivity index (χ4v) is 14.3. The van der Waals surface area contributed by atoms with Crippen LogP contribution in [0.3, 0.4) is 0 Å². The Morgan fingerprint density at radius 3 is 1.64 bits per heavy atom. The van der Waals surface area contributed by atoms with E-state index in [1.54, 1.807) is 0 Å². The van der Waals surface area contributed by atoms with E-state index < -0.39 is 95.9 Å². The van der Waals surface area contributed by atoms with Gasteiger partial charge in [0, 0.05) is 0 Å². The van der Waals surface area contributed by atoms with E-state index in [0.29, 0.717) is 0 Å². The van der Waals surface area contributed by atoms with Gasteiger partial charge in [-0.05, 0) is 23.2 Å². The van der Waals surface area contributed by atoms with Crippen LogP contribution in [-0.2, 0) is 64.9 Å². The Balaban J connectivity index is 1.04. The summed E-state index contributed by atoms with van der Waals surface area (Å²) in [7, 11) is -12.3. The van der Waals surface area contributed by atoms with Crippen molar-refractivity contribution in [2.24, 2.45) is 0 Å². The van der Waals surface area contributed by atoms with Crippen LogP contribution in [0, 0.1) is 0 Å². The van der Waals surface area contributed by atoms with Crippen molar-refractivity contribution in [3.63, 3.8) is 0 Å². The third kappa shape index (κ3) is 9.07. The number of nitrogens with zero attached hydrogens (tertiary/aromatic N) is 8. The average Bonchev–Trinajstić information content (AvgIpc) is 3.83. The number of aliphatic hydroxyl groups excluding tert-OH is 4. The fourth-order valence-electron chi connectivity index (χ4n) is 5.29. The predicted octanol–water partition coefficient (Wildman–Crippen LogP) is -1.69. The average molecular weight is 966 g/mol. The molecule has 0 bridgehead atoms. The molecule has 5 unspecified atom stereocenters. The van der Waals surface area contributed by atoms with Gasteiger partial charge in [0.2, 0.25) is 17.4 Å². The predicted molar refractivity (Wildman–Crippen MR) is 190 cm³/mol. The molecule has 0 spiro atoms. The van der Waals surface area contributed by atoms with Gasteiger partial charge in [-0.15, -0.1) is 11.6 Å². The second-order valence-electron chi connectivity index (χ2n) is 11.5. The topological polar surface area (TPSA) is 396 Å². The zero-order valence-corrected chi connectivity index (χ0v) is 34.4. The Labute approximate surface area is 337 Å². The van der Waals surface area contributed by atoms with E-state index >= 15 is 0 Å². The number of ether oxygens (including phenoxy) is 2. The van der Waals surface area contributed by atoms with Gasteiger partial charge in [0.05, 0.1) is 25.9 Å². The Bertz CT molecular complexity index is 2200. The first-order chi connectivity index (χ1) is 25.9. The highest BCUT2D eigenvalue weighted by Crippen LogP contribution is 2.72. The van der Waals surface area contributed by atoms with Crippen molar-refractivity contribution in [3.8, 4) is 0 Å². The van der Waals surface area contributed by atoms with Gasteiger partial charge >= 0.3 is 0 Å². The number of anilines is 2. The van der Waals surface area contributed by atoms with Gasteiger partial charge in [-0.3, -0.25) is 22.3 Å². The van der Waals surface area contributed by atoms with Crippen LogP contribution in [0.1, 0.15) is 12.5 Å². The monoisotopic (exact) mass is 964 g/mol. The molecule has 0 aromatic carbocycles. The van der Waals surface area contributed by atoms with Crippen LogP contribution in [-0.4, -0.2) is 114 Å². The lowest BCUT2D eigenvalue weighted by Gasteiger charge is -2.42. The molecule has 56 heavy (non-hydrogen) atoms. The summed E-state index contributed by atoms with van der Waals surface area (Å²) in [5.41, 5.74) is 11.6. The standard InChI is InChI=1S/C21H27Cl3N10O16P4S2/c22-19-29-13(25)7-15(31-19)33(3-27-7)17-11(37)9(35)5(47-17)1-45-53(43,55)49-51(39,40)21(24)52(41,42)50-54(44,56)46-2-6-10(36)12(38)18(48-6)34-4-28-8-14(26)30-20(23)32-16(8)34/h3-6,9-12,17-18,21,35-38H,1-2H2,(H,39,40)(H,41,42)(H,43,55)(H,44,56)(H2,25,29,31)(H2,26,30,32)/p-4/t5-,6-,9-,10-,11-,12-,17-,18-,21?,53?,54?/m1/s1. The van der Waals surface area contributed by atoms with E-state index in [4.69, 9.17) is 64.8 Å². The quantitative estimate of drug-likeness (QED) is 0.0355. The zero-order chi connectivity index (χ0) is 41.3. The highest BCUT2D eigenvalue weighted by molar-refractivity contribution is 8.33. The van der Waals surface area contributed by atoms with Crippen molar-refractivity contribution in [1.29, 1.82) is 0 Å². The number of imidazole rings is 2. The van der Waals surface area contributed by atoms with Gasteiger partial charge in [0.25, 0.3) is 0 Å². The van der Waals surface area contributed by atoms with Crippen LogP contribution < -0.4 is 26.1 Å². The van der Waals surface area contributed by atoms with Crippen molar-refractivity contribution < 1.29 is 75.9 Å². The summed E-state index contributed by atoms with van der Waals surface area (Å²) < 4.78 is 69.9. The number of rotatable bonds is 14. The largest absolute Gasteiger partial charge is 0.779 e. The normalized spacial score (nSPS) is 30.6. The van der Waals surface area contributed by atoms with E-state index in [1.807, 2.05) is 0 Å². The van der Waals surface area contributed by atoms with Crippen molar-refractivity contribution in [2.75, 3.05) is 24.7 Å². The maximum Gasteiger partial charge on any atom is 0.226 e. The Kier molecular flexibility index (Phi) is 12.9. The number of halogens is 3. The Morgan fingerprint density at radius 1 is 0.786 bits per heavy atom. The van der Waals surface area contributed by atoms with Gasteiger partial charge in [-0.25, -0.2) is 9.97 Å². The van der Waals surface area contributed by atoms with E-state index in [9.17, 15) is 48.8 Å². The van der Waals surface area contributed by atoms with Crippen LogP contribution in [0.5, 0.6) is 0 Å². The molecule has 2 aliphatic heterocycles. The smallest absolute Gasteiger partial charge is 0.226 e. The molecule has 0 radical (unpaired) electrons. The minimum absolute atomic E-state index is 0.0130. The second kappa shape index (κ2) is 16.3. The molecule has 2 saturated heterocycles. The van der Waals surface area contributed by atoms with Crippen LogP contribution in [0.15, 0.2) is 12.7 Å². The molecule has 2 fully saturated rings. The van der Waals surface area contributed by atoms with E-state index in [2.05, 4.69) is 62.6 Å². The Morgan fingerprint density at radius 2 is 1.20 bits per heavy atom. The summed E-state index contributed by atoms with van der Waals surface area (Å²) in [6.45, 7) is -12.6. The number of alkyl halides is 1. The molecule has 4 aromatic rings. The maximum atomic E-state index is 12.8. The van der Waals surface area contributed by atoms with Crippen LogP contribution in [0.2, 0.25) is 10.6 Å². The minimum Gasteiger partial charge on any atom is -0.779 e. The molecule has 2 aliphatic rings. The van der Waals surface area contributed by atoms with Crippen molar-refractivity contribution >= 4 is 122 Å². The number of aliphatic hydroxyl groups is 4. The summed E-state index contributed by atoms with van der Waals surface area (Å²) in [4.78, 5) is 58.4. The number of nitrogen functional groups attached to an aromatic ring is 2. The number of fused-ring (bicyclic) bond motifs is 2. The molecule has 0 aliphatic carbocycles. The van der Waals surface area contributed by atoms with Crippen LogP contribution in [0.4, 0.5) is 11.6 Å². The Hall–Kier alpha value is -1.26. The number of nitrogens with two attached hydrogens (primary N) is 2. The van der Waals surface area contributed by atoms with Crippen LogP contribution >= 0.6 is 63.5 Å². The molecule has 310 valence electrons. The van der Waals surface area contributed by atoms with Gasteiger partial charge in [-0.2, -0.15) is 19.9 Å². The molecular weight excluding hydrogens is 943 g/mol. The first-order valence-corrected chi connectivity index (χ1v) is 24.4. The van der Waals surface area contributed by atoms with Crippen LogP contribution in [0.25, 0.3) is 22.3 Å². The van der Waals surface area contributed by atoms with Crippen molar-refractivity contribution in [2.45, 2.75) is 53.9 Å². The summed E-state index contributed by atoms with van der Waals surface area (Å²) in [6, 6.07) is 0. The SMILES string of the molecule is Nc1nc(Cl)nc2c1ncn2[C@@H]1O[C@H](COP(=O)([S-])OP(=O)([O-])C(Cl)P(=O)([O-])OP([O-])(=S)OC[C@H]2O[C@@H](n3cnc4c(N)nc(Cl)nc43)[C@H](O)[C@@H]2O)[C@@H](O)[C@H]1O. The molecule has 26 nitrogen and oxygen atoms in total. The molecule has 0 amide bonds. The summed E-state index contributed by atoms with van der Waals surface area (Å²) in [6.07, 6.45) is -10.8. The molecule has 13 atom stereocenters. The second-order valence-corrected chi connectivity index (χ2v) is 23.2. The van der Waals surface area contributed by atoms with Crippen molar-refractivity contribution in [3.05, 3.63) is 23.2 Å². The lowest BCUT2D eigenvalue weighted by molar-refractivity contribution is -0.221. The first-order valence-electron chi connectivity index (χ1n) is 14.8. The lowest BCUT2D eigenvalue weighted by Crippen LogP contribution is -2.34.